The molecule has 3 rings (SSSR count). The molecule has 6 nitrogen and oxygen atoms in total. The number of amides is 1. The van der Waals surface area contributed by atoms with Crippen LogP contribution in [0.3, 0.4) is 0 Å². The number of thiazole rings is 1. The second-order valence-electron chi connectivity index (χ2n) is 6.31. The molecule has 0 radical (unpaired) electrons. The average molecular weight is 375 g/mol. The van der Waals surface area contributed by atoms with Gasteiger partial charge >= 0.3 is 0 Å². The van der Waals surface area contributed by atoms with Gasteiger partial charge in [0.15, 0.2) is 0 Å². The number of nitrogens with zero attached hydrogens (tertiary/aromatic N) is 3. The Bertz CT molecular complexity index is 709. The van der Waals surface area contributed by atoms with Gasteiger partial charge in [-0.3, -0.25) is 9.69 Å². The van der Waals surface area contributed by atoms with Crippen molar-refractivity contribution in [2.75, 3.05) is 39.3 Å². The molecule has 0 spiro atoms. The summed E-state index contributed by atoms with van der Waals surface area (Å²) in [5.41, 5.74) is 7.37. The van der Waals surface area contributed by atoms with Gasteiger partial charge in [0.05, 0.1) is 11.6 Å². The Morgan fingerprint density at radius 3 is 2.62 bits per heavy atom. The fourth-order valence-corrected chi connectivity index (χ4v) is 3.82. The molecular weight excluding hydrogens is 348 g/mol. The second kappa shape index (κ2) is 9.12. The summed E-state index contributed by atoms with van der Waals surface area (Å²) >= 11 is 1.51. The van der Waals surface area contributed by atoms with E-state index < -0.39 is 0 Å². The molecule has 0 atom stereocenters. The molecule has 1 fully saturated rings. The summed E-state index contributed by atoms with van der Waals surface area (Å²) in [5, 5.41) is 2.78. The van der Waals surface area contributed by atoms with E-state index in [2.05, 4.69) is 22.0 Å². The molecule has 0 unspecified atom stereocenters. The topological polar surface area (TPSA) is 71.7 Å². The molecule has 7 heteroatoms. The van der Waals surface area contributed by atoms with Crippen LogP contribution in [0, 0.1) is 0 Å². The zero-order chi connectivity index (χ0) is 18.4. The minimum atomic E-state index is 0.0326. The zero-order valence-corrected chi connectivity index (χ0v) is 16.0. The van der Waals surface area contributed by atoms with E-state index in [0.717, 1.165) is 49.9 Å². The van der Waals surface area contributed by atoms with Gasteiger partial charge in [-0.05, 0) is 31.2 Å². The van der Waals surface area contributed by atoms with Crippen molar-refractivity contribution in [3.8, 4) is 5.75 Å². The van der Waals surface area contributed by atoms with Crippen LogP contribution in [-0.2, 0) is 13.0 Å². The number of hydrogen-bond acceptors (Lipinski definition) is 6. The summed E-state index contributed by atoms with van der Waals surface area (Å²) < 4.78 is 5.48. The fourth-order valence-electron chi connectivity index (χ4n) is 3.03. The van der Waals surface area contributed by atoms with Crippen molar-refractivity contribution in [3.63, 3.8) is 0 Å². The SMILES string of the molecule is CCOc1ccc(CN2CCN(C(=O)c3csc(CCN)n3)CC2)cc1. The molecule has 1 amide bonds. The molecule has 1 aromatic heterocycles. The quantitative estimate of drug-likeness (QED) is 0.803. The van der Waals surface area contributed by atoms with Gasteiger partial charge in [0.2, 0.25) is 0 Å². The zero-order valence-electron chi connectivity index (χ0n) is 15.2. The number of hydrogen-bond donors (Lipinski definition) is 1. The number of benzene rings is 1. The van der Waals surface area contributed by atoms with Gasteiger partial charge in [0, 0.05) is 44.5 Å². The van der Waals surface area contributed by atoms with Crippen LogP contribution < -0.4 is 10.5 Å². The summed E-state index contributed by atoms with van der Waals surface area (Å²) in [6, 6.07) is 8.24. The first kappa shape index (κ1) is 18.8. The monoisotopic (exact) mass is 374 g/mol. The maximum atomic E-state index is 12.6. The van der Waals surface area contributed by atoms with Gasteiger partial charge in [-0.15, -0.1) is 11.3 Å². The van der Waals surface area contributed by atoms with E-state index in [1.165, 1.54) is 16.9 Å². The Morgan fingerprint density at radius 1 is 1.23 bits per heavy atom. The molecule has 0 bridgehead atoms. The van der Waals surface area contributed by atoms with Gasteiger partial charge < -0.3 is 15.4 Å². The van der Waals surface area contributed by atoms with Crippen molar-refractivity contribution in [3.05, 3.63) is 45.9 Å². The first-order valence-electron chi connectivity index (χ1n) is 9.07. The third-order valence-electron chi connectivity index (χ3n) is 4.43. The maximum Gasteiger partial charge on any atom is 0.273 e. The lowest BCUT2D eigenvalue weighted by atomic mass is 10.2. The van der Waals surface area contributed by atoms with Crippen molar-refractivity contribution in [2.24, 2.45) is 5.73 Å². The van der Waals surface area contributed by atoms with Crippen LogP contribution in [0.4, 0.5) is 0 Å². The summed E-state index contributed by atoms with van der Waals surface area (Å²) in [7, 11) is 0. The molecule has 1 aliphatic heterocycles. The van der Waals surface area contributed by atoms with Crippen LogP contribution in [0.15, 0.2) is 29.6 Å². The lowest BCUT2D eigenvalue weighted by Crippen LogP contribution is -2.48. The molecule has 140 valence electrons. The molecule has 1 saturated heterocycles. The molecule has 0 saturated carbocycles. The predicted octanol–water partition coefficient (Wildman–Crippen LogP) is 2.00. The average Bonchev–Trinajstić information content (AvgIpc) is 3.13. The Labute approximate surface area is 158 Å². The Morgan fingerprint density at radius 2 is 1.96 bits per heavy atom. The van der Waals surface area contributed by atoms with Crippen LogP contribution in [0.1, 0.15) is 28.0 Å². The number of aromatic nitrogens is 1. The van der Waals surface area contributed by atoms with E-state index in [-0.39, 0.29) is 5.91 Å². The van der Waals surface area contributed by atoms with Crippen LogP contribution in [0.2, 0.25) is 0 Å². The fraction of sp³-hybridized carbons (Fsp3) is 0.474. The van der Waals surface area contributed by atoms with Gasteiger partial charge in [0.25, 0.3) is 5.91 Å². The van der Waals surface area contributed by atoms with Crippen molar-refractivity contribution in [2.45, 2.75) is 19.9 Å². The number of carbonyl (C=O) groups is 1. The largest absolute Gasteiger partial charge is 0.494 e. The molecule has 2 heterocycles. The molecule has 2 aromatic rings. The number of ether oxygens (including phenoxy) is 1. The third kappa shape index (κ3) is 4.81. The highest BCUT2D eigenvalue weighted by molar-refractivity contribution is 7.09. The predicted molar refractivity (Wildman–Crippen MR) is 104 cm³/mol. The Balaban J connectivity index is 1.49. The standard InChI is InChI=1S/C19H26N4O2S/c1-2-25-16-5-3-15(4-6-16)13-22-9-11-23(12-10-22)19(24)17-14-26-18(21-17)7-8-20/h3-6,14H,2,7-13,20H2,1H3. The first-order chi connectivity index (χ1) is 12.7. The highest BCUT2D eigenvalue weighted by Crippen LogP contribution is 2.16. The minimum absolute atomic E-state index is 0.0326. The van der Waals surface area contributed by atoms with E-state index >= 15 is 0 Å². The highest BCUT2D eigenvalue weighted by atomic mass is 32.1. The van der Waals surface area contributed by atoms with E-state index in [9.17, 15) is 4.79 Å². The minimum Gasteiger partial charge on any atom is -0.494 e. The summed E-state index contributed by atoms with van der Waals surface area (Å²) in [4.78, 5) is 21.3. The molecular formula is C19H26N4O2S. The number of piperazine rings is 1. The van der Waals surface area contributed by atoms with E-state index in [0.29, 0.717) is 18.8 Å². The van der Waals surface area contributed by atoms with E-state index in [1.807, 2.05) is 29.3 Å². The summed E-state index contributed by atoms with van der Waals surface area (Å²) in [6.07, 6.45) is 0.730. The summed E-state index contributed by atoms with van der Waals surface area (Å²) in [6.45, 7) is 7.34. The lowest BCUT2D eigenvalue weighted by molar-refractivity contribution is 0.0623. The van der Waals surface area contributed by atoms with Crippen molar-refractivity contribution in [1.82, 2.24) is 14.8 Å². The van der Waals surface area contributed by atoms with Gasteiger partial charge in [-0.25, -0.2) is 4.98 Å². The maximum absolute atomic E-state index is 12.6. The van der Waals surface area contributed by atoms with Crippen LogP contribution >= 0.6 is 11.3 Å². The number of carbonyl (C=O) groups excluding carboxylic acids is 1. The molecule has 26 heavy (non-hydrogen) atoms. The van der Waals surface area contributed by atoms with Crippen molar-refractivity contribution < 1.29 is 9.53 Å². The number of rotatable bonds is 7. The van der Waals surface area contributed by atoms with Crippen molar-refractivity contribution >= 4 is 17.2 Å². The van der Waals surface area contributed by atoms with Crippen LogP contribution in [0.25, 0.3) is 0 Å². The molecule has 2 N–H and O–H groups in total. The van der Waals surface area contributed by atoms with Crippen molar-refractivity contribution in [1.29, 1.82) is 0 Å². The summed E-state index contributed by atoms with van der Waals surface area (Å²) in [5.74, 6) is 0.939. The second-order valence-corrected chi connectivity index (χ2v) is 7.25. The van der Waals surface area contributed by atoms with Gasteiger partial charge in [-0.1, -0.05) is 12.1 Å². The normalized spacial score (nSPS) is 15.2. The number of nitrogens with two attached hydrogens (primary N) is 1. The Hall–Kier alpha value is -1.96. The van der Waals surface area contributed by atoms with Gasteiger partial charge in [-0.2, -0.15) is 0 Å². The molecule has 1 aliphatic rings. The third-order valence-corrected chi connectivity index (χ3v) is 5.34. The molecule has 0 aliphatic carbocycles. The van der Waals surface area contributed by atoms with Crippen LogP contribution in [0.5, 0.6) is 5.75 Å². The smallest absolute Gasteiger partial charge is 0.273 e. The van der Waals surface area contributed by atoms with E-state index in [4.69, 9.17) is 10.5 Å². The Kier molecular flexibility index (Phi) is 6.60. The van der Waals surface area contributed by atoms with E-state index in [1.54, 1.807) is 0 Å². The van der Waals surface area contributed by atoms with Crippen LogP contribution in [-0.4, -0.2) is 60.0 Å². The molecule has 1 aromatic carbocycles. The van der Waals surface area contributed by atoms with Gasteiger partial charge in [0.1, 0.15) is 11.4 Å². The first-order valence-corrected chi connectivity index (χ1v) is 9.95. The lowest BCUT2D eigenvalue weighted by Gasteiger charge is -2.34. The highest BCUT2D eigenvalue weighted by Gasteiger charge is 2.23.